The van der Waals surface area contributed by atoms with Crippen LogP contribution in [-0.4, -0.2) is 10.5 Å². The topological polar surface area (TPSA) is 38.0 Å². The Balaban J connectivity index is 2.26. The zero-order valence-corrected chi connectivity index (χ0v) is 13.0. The summed E-state index contributed by atoms with van der Waals surface area (Å²) in [5.41, 5.74) is 7.93. The highest BCUT2D eigenvalue weighted by Crippen LogP contribution is 2.33. The van der Waals surface area contributed by atoms with Crippen molar-refractivity contribution in [3.05, 3.63) is 28.2 Å². The van der Waals surface area contributed by atoms with Gasteiger partial charge in [0.15, 0.2) is 0 Å². The maximum atomic E-state index is 5.79. The molecular formula is C14H19BrN2S. The van der Waals surface area contributed by atoms with Crippen molar-refractivity contribution in [2.24, 2.45) is 5.73 Å². The summed E-state index contributed by atoms with van der Waals surface area (Å²) in [6.07, 6.45) is 6.34. The molecule has 0 atom stereocenters. The quantitative estimate of drug-likeness (QED) is 0.817. The minimum atomic E-state index is 0.165. The Morgan fingerprint density at radius 3 is 2.61 bits per heavy atom. The highest BCUT2D eigenvalue weighted by molar-refractivity contribution is 9.10. The maximum Gasteiger partial charge on any atom is 0.106 e. The van der Waals surface area contributed by atoms with Crippen LogP contribution < -0.4 is 11.1 Å². The van der Waals surface area contributed by atoms with E-state index in [0.29, 0.717) is 4.99 Å². The molecule has 18 heavy (non-hydrogen) atoms. The van der Waals surface area contributed by atoms with Crippen LogP contribution in [-0.2, 0) is 0 Å². The Hall–Kier alpha value is -0.610. The molecule has 1 aromatic carbocycles. The molecule has 0 radical (unpaired) electrons. The van der Waals surface area contributed by atoms with Gasteiger partial charge in [-0.15, -0.1) is 0 Å². The average molecular weight is 327 g/mol. The fourth-order valence-electron chi connectivity index (χ4n) is 2.62. The van der Waals surface area contributed by atoms with Crippen LogP contribution in [0.15, 0.2) is 22.7 Å². The molecule has 2 rings (SSSR count). The monoisotopic (exact) mass is 326 g/mol. The van der Waals surface area contributed by atoms with Crippen molar-refractivity contribution in [3.8, 4) is 0 Å². The van der Waals surface area contributed by atoms with Gasteiger partial charge in [0.25, 0.3) is 0 Å². The molecule has 0 heterocycles. The largest absolute Gasteiger partial charge is 0.389 e. The van der Waals surface area contributed by atoms with Crippen molar-refractivity contribution in [2.45, 2.75) is 44.6 Å². The third-order valence-corrected chi connectivity index (χ3v) is 4.35. The van der Waals surface area contributed by atoms with Gasteiger partial charge in [-0.3, -0.25) is 0 Å². The van der Waals surface area contributed by atoms with E-state index in [0.717, 1.165) is 15.7 Å². The second-order valence-corrected chi connectivity index (χ2v) is 6.66. The molecule has 0 aliphatic heterocycles. The molecule has 0 bridgehead atoms. The van der Waals surface area contributed by atoms with E-state index in [1.54, 1.807) is 0 Å². The zero-order valence-electron chi connectivity index (χ0n) is 10.6. The number of rotatable bonds is 3. The molecule has 1 aromatic rings. The van der Waals surface area contributed by atoms with E-state index >= 15 is 0 Å². The van der Waals surface area contributed by atoms with Crippen LogP contribution in [0.4, 0.5) is 5.69 Å². The number of nitrogens with one attached hydrogen (secondary N) is 1. The van der Waals surface area contributed by atoms with E-state index in [9.17, 15) is 0 Å². The molecule has 98 valence electrons. The van der Waals surface area contributed by atoms with Gasteiger partial charge in [-0.25, -0.2) is 0 Å². The Morgan fingerprint density at radius 2 is 2.00 bits per heavy atom. The van der Waals surface area contributed by atoms with Crippen molar-refractivity contribution >= 4 is 38.8 Å². The van der Waals surface area contributed by atoms with Gasteiger partial charge in [0, 0.05) is 21.3 Å². The third-order valence-electron chi connectivity index (χ3n) is 3.64. The van der Waals surface area contributed by atoms with Gasteiger partial charge in [0.2, 0.25) is 0 Å². The molecule has 0 spiro atoms. The minimum absolute atomic E-state index is 0.165. The lowest BCUT2D eigenvalue weighted by molar-refractivity contribution is 0.349. The Kier molecular flexibility index (Phi) is 4.28. The Bertz CT molecular complexity index is 453. The molecule has 1 saturated carbocycles. The summed E-state index contributed by atoms with van der Waals surface area (Å²) in [7, 11) is 0. The lowest BCUT2D eigenvalue weighted by Gasteiger charge is -2.36. The lowest BCUT2D eigenvalue weighted by Crippen LogP contribution is -2.37. The molecule has 3 N–H and O–H groups in total. The van der Waals surface area contributed by atoms with E-state index in [1.807, 2.05) is 12.1 Å². The predicted molar refractivity (Wildman–Crippen MR) is 85.1 cm³/mol. The summed E-state index contributed by atoms with van der Waals surface area (Å²) in [5.74, 6) is 0. The summed E-state index contributed by atoms with van der Waals surface area (Å²) < 4.78 is 1.05. The number of nitrogens with two attached hydrogens (primary N) is 1. The van der Waals surface area contributed by atoms with Crippen molar-refractivity contribution in [1.82, 2.24) is 0 Å². The van der Waals surface area contributed by atoms with Gasteiger partial charge in [0.05, 0.1) is 0 Å². The first-order valence-electron chi connectivity index (χ1n) is 6.38. The van der Waals surface area contributed by atoms with Crippen LogP contribution in [0.1, 0.15) is 44.6 Å². The van der Waals surface area contributed by atoms with Gasteiger partial charge in [-0.2, -0.15) is 0 Å². The first-order valence-corrected chi connectivity index (χ1v) is 7.58. The van der Waals surface area contributed by atoms with Gasteiger partial charge >= 0.3 is 0 Å². The van der Waals surface area contributed by atoms with E-state index < -0.39 is 0 Å². The zero-order chi connectivity index (χ0) is 13.2. The average Bonchev–Trinajstić information content (AvgIpc) is 2.28. The Morgan fingerprint density at radius 1 is 1.33 bits per heavy atom. The molecule has 1 fully saturated rings. The lowest BCUT2D eigenvalue weighted by atomic mass is 9.83. The molecule has 0 aromatic heterocycles. The van der Waals surface area contributed by atoms with Crippen molar-refractivity contribution < 1.29 is 0 Å². The predicted octanol–water partition coefficient (Wildman–Crippen LogP) is 4.22. The van der Waals surface area contributed by atoms with Crippen LogP contribution in [0.2, 0.25) is 0 Å². The minimum Gasteiger partial charge on any atom is -0.389 e. The van der Waals surface area contributed by atoms with E-state index in [1.165, 1.54) is 32.1 Å². The highest BCUT2D eigenvalue weighted by atomic mass is 79.9. The summed E-state index contributed by atoms with van der Waals surface area (Å²) in [6, 6.07) is 6.01. The van der Waals surface area contributed by atoms with Crippen LogP contribution in [0, 0.1) is 0 Å². The normalized spacial score (nSPS) is 18.3. The van der Waals surface area contributed by atoms with Gasteiger partial charge < -0.3 is 11.1 Å². The van der Waals surface area contributed by atoms with Gasteiger partial charge in [-0.05, 0) is 38.0 Å². The molecule has 0 unspecified atom stereocenters. The molecule has 1 aliphatic rings. The fourth-order valence-corrected chi connectivity index (χ4v) is 3.16. The number of hydrogen-bond donors (Lipinski definition) is 2. The number of hydrogen-bond acceptors (Lipinski definition) is 2. The van der Waals surface area contributed by atoms with Crippen molar-refractivity contribution in [3.63, 3.8) is 0 Å². The fraction of sp³-hybridized carbons (Fsp3) is 0.500. The number of thiocarbonyl (C=S) groups is 1. The van der Waals surface area contributed by atoms with Crippen molar-refractivity contribution in [2.75, 3.05) is 5.32 Å². The SMILES string of the molecule is CC1(Nc2cc(Br)ccc2C(N)=S)CCCCC1. The van der Waals surface area contributed by atoms with E-state index in [2.05, 4.69) is 34.2 Å². The van der Waals surface area contributed by atoms with Crippen LogP contribution in [0.3, 0.4) is 0 Å². The number of halogens is 1. The third kappa shape index (κ3) is 3.23. The molecule has 1 aliphatic carbocycles. The maximum absolute atomic E-state index is 5.79. The molecular weight excluding hydrogens is 308 g/mol. The summed E-state index contributed by atoms with van der Waals surface area (Å²) in [4.78, 5) is 0.449. The van der Waals surface area contributed by atoms with Crippen LogP contribution in [0.25, 0.3) is 0 Å². The van der Waals surface area contributed by atoms with Gasteiger partial charge in [0.1, 0.15) is 4.99 Å². The summed E-state index contributed by atoms with van der Waals surface area (Å²) in [6.45, 7) is 2.29. The first kappa shape index (κ1) is 13.8. The number of benzene rings is 1. The molecule has 0 saturated heterocycles. The second kappa shape index (κ2) is 5.57. The second-order valence-electron chi connectivity index (χ2n) is 5.30. The first-order chi connectivity index (χ1) is 8.50. The highest BCUT2D eigenvalue weighted by Gasteiger charge is 2.27. The summed E-state index contributed by atoms with van der Waals surface area (Å²) in [5, 5.41) is 3.65. The van der Waals surface area contributed by atoms with E-state index in [4.69, 9.17) is 18.0 Å². The Labute approximate surface area is 122 Å². The van der Waals surface area contributed by atoms with Crippen LogP contribution in [0.5, 0.6) is 0 Å². The standard InChI is InChI=1S/C14H19BrN2S/c1-14(7-3-2-4-8-14)17-12-9-10(15)5-6-11(12)13(16)18/h5-6,9,17H,2-4,7-8H2,1H3,(H2,16,18). The molecule has 0 amide bonds. The molecule has 2 nitrogen and oxygen atoms in total. The van der Waals surface area contributed by atoms with Crippen LogP contribution >= 0.6 is 28.1 Å². The smallest absolute Gasteiger partial charge is 0.106 e. The van der Waals surface area contributed by atoms with Gasteiger partial charge in [-0.1, -0.05) is 47.4 Å². The number of anilines is 1. The van der Waals surface area contributed by atoms with Crippen molar-refractivity contribution in [1.29, 1.82) is 0 Å². The summed E-state index contributed by atoms with van der Waals surface area (Å²) >= 11 is 8.62. The molecule has 4 heteroatoms. The van der Waals surface area contributed by atoms with E-state index in [-0.39, 0.29) is 5.54 Å².